The van der Waals surface area contributed by atoms with Crippen molar-refractivity contribution >= 4 is 22.9 Å². The number of amides is 2. The quantitative estimate of drug-likeness (QED) is 0.639. The number of carbonyl (C=O) groups excluding carboxylic acids is 1. The standard InChI is InChI=1S/C21H31N5O/c1-3-5-11-22-21(27)25-19-8-7-18-20(24-19)17(15-23-18)16-9-13-26(14-10-16)12-6-4-2/h3,5,7-8,15-16,23H,4,6,9-14H2,1-2H3,(H2,22,24,25,27)/b5-3+. The van der Waals surface area contributed by atoms with Crippen LogP contribution in [0.4, 0.5) is 10.6 Å². The number of unbranched alkanes of at least 4 members (excludes halogenated alkanes) is 1. The molecular formula is C21H31N5O. The van der Waals surface area contributed by atoms with Crippen LogP contribution in [0.25, 0.3) is 11.0 Å². The first-order valence-electron chi connectivity index (χ1n) is 10.1. The number of hydrogen-bond acceptors (Lipinski definition) is 3. The van der Waals surface area contributed by atoms with Crippen LogP contribution >= 0.6 is 0 Å². The second-order valence-corrected chi connectivity index (χ2v) is 7.21. The number of aromatic nitrogens is 2. The van der Waals surface area contributed by atoms with Crippen molar-refractivity contribution < 1.29 is 4.79 Å². The zero-order valence-electron chi connectivity index (χ0n) is 16.4. The number of pyridine rings is 1. The van der Waals surface area contributed by atoms with Crippen LogP contribution in [0.3, 0.4) is 0 Å². The summed E-state index contributed by atoms with van der Waals surface area (Å²) in [6.45, 7) is 8.21. The lowest BCUT2D eigenvalue weighted by atomic mass is 9.90. The van der Waals surface area contributed by atoms with E-state index in [0.29, 0.717) is 18.3 Å². The predicted molar refractivity (Wildman–Crippen MR) is 111 cm³/mol. The molecule has 2 aromatic rings. The molecule has 1 aliphatic rings. The van der Waals surface area contributed by atoms with Crippen molar-refractivity contribution in [2.75, 3.05) is 31.5 Å². The normalized spacial score (nSPS) is 16.2. The average molecular weight is 370 g/mol. The number of allylic oxidation sites excluding steroid dienone is 1. The Morgan fingerprint density at radius 3 is 2.93 bits per heavy atom. The maximum Gasteiger partial charge on any atom is 0.320 e. The monoisotopic (exact) mass is 369 g/mol. The van der Waals surface area contributed by atoms with Gasteiger partial charge >= 0.3 is 6.03 Å². The van der Waals surface area contributed by atoms with Crippen molar-refractivity contribution in [3.05, 3.63) is 36.0 Å². The van der Waals surface area contributed by atoms with Crippen molar-refractivity contribution in [3.63, 3.8) is 0 Å². The lowest BCUT2D eigenvalue weighted by molar-refractivity contribution is 0.210. The van der Waals surface area contributed by atoms with Crippen LogP contribution in [0.1, 0.15) is 51.0 Å². The van der Waals surface area contributed by atoms with E-state index in [1.165, 1.54) is 37.8 Å². The van der Waals surface area contributed by atoms with Gasteiger partial charge < -0.3 is 15.2 Å². The van der Waals surface area contributed by atoms with E-state index >= 15 is 0 Å². The molecule has 0 spiro atoms. The summed E-state index contributed by atoms with van der Waals surface area (Å²) in [5.41, 5.74) is 3.28. The van der Waals surface area contributed by atoms with Crippen LogP contribution in [0, 0.1) is 0 Å². The van der Waals surface area contributed by atoms with Crippen molar-refractivity contribution in [3.8, 4) is 0 Å². The van der Waals surface area contributed by atoms with Gasteiger partial charge in [-0.05, 0) is 69.4 Å². The Morgan fingerprint density at radius 1 is 1.37 bits per heavy atom. The third-order valence-corrected chi connectivity index (χ3v) is 5.26. The van der Waals surface area contributed by atoms with Gasteiger partial charge in [-0.2, -0.15) is 0 Å². The molecule has 2 amide bonds. The summed E-state index contributed by atoms with van der Waals surface area (Å²) in [4.78, 5) is 22.6. The molecule has 0 radical (unpaired) electrons. The summed E-state index contributed by atoms with van der Waals surface area (Å²) in [6.07, 6.45) is 10.8. The van der Waals surface area contributed by atoms with E-state index in [-0.39, 0.29) is 6.03 Å². The number of nitrogens with zero attached hydrogens (tertiary/aromatic N) is 2. The van der Waals surface area contributed by atoms with Gasteiger partial charge in [-0.25, -0.2) is 9.78 Å². The zero-order chi connectivity index (χ0) is 19.1. The van der Waals surface area contributed by atoms with Crippen LogP contribution in [0.5, 0.6) is 0 Å². The summed E-state index contributed by atoms with van der Waals surface area (Å²) >= 11 is 0. The number of hydrogen-bond donors (Lipinski definition) is 3. The van der Waals surface area contributed by atoms with Gasteiger partial charge in [0.25, 0.3) is 0 Å². The van der Waals surface area contributed by atoms with Gasteiger partial charge in [0, 0.05) is 12.7 Å². The molecule has 0 saturated carbocycles. The number of H-pyrrole nitrogens is 1. The molecule has 0 atom stereocenters. The van der Waals surface area contributed by atoms with E-state index in [1.54, 1.807) is 0 Å². The minimum absolute atomic E-state index is 0.235. The summed E-state index contributed by atoms with van der Waals surface area (Å²) in [7, 11) is 0. The number of anilines is 1. The molecule has 0 aromatic carbocycles. The molecule has 1 saturated heterocycles. The molecule has 3 heterocycles. The van der Waals surface area contributed by atoms with Gasteiger partial charge in [0.15, 0.2) is 0 Å². The van der Waals surface area contributed by atoms with Crippen molar-refractivity contribution in [2.45, 2.75) is 45.4 Å². The number of rotatable bonds is 7. The van der Waals surface area contributed by atoms with Crippen molar-refractivity contribution in [1.82, 2.24) is 20.2 Å². The van der Waals surface area contributed by atoms with Crippen LogP contribution < -0.4 is 10.6 Å². The first-order valence-corrected chi connectivity index (χ1v) is 10.1. The van der Waals surface area contributed by atoms with Gasteiger partial charge in [-0.15, -0.1) is 0 Å². The van der Waals surface area contributed by atoms with Crippen LogP contribution in [0.15, 0.2) is 30.5 Å². The summed E-state index contributed by atoms with van der Waals surface area (Å²) in [5, 5.41) is 5.61. The molecule has 27 heavy (non-hydrogen) atoms. The lowest BCUT2D eigenvalue weighted by Crippen LogP contribution is -2.33. The molecule has 3 rings (SSSR count). The molecule has 1 fully saturated rings. The Morgan fingerprint density at radius 2 is 2.19 bits per heavy atom. The number of aromatic amines is 1. The third kappa shape index (κ3) is 5.10. The van der Waals surface area contributed by atoms with E-state index in [4.69, 9.17) is 4.98 Å². The Bertz CT molecular complexity index is 774. The fourth-order valence-electron chi connectivity index (χ4n) is 3.68. The minimum atomic E-state index is -0.235. The molecule has 146 valence electrons. The number of carbonyl (C=O) groups is 1. The molecule has 6 heteroatoms. The Kier molecular flexibility index (Phi) is 6.87. The van der Waals surface area contributed by atoms with E-state index < -0.39 is 0 Å². The number of likely N-dealkylation sites (tertiary alicyclic amines) is 1. The first-order chi connectivity index (χ1) is 13.2. The fraction of sp³-hybridized carbons (Fsp3) is 0.524. The fourth-order valence-corrected chi connectivity index (χ4v) is 3.68. The molecule has 0 aliphatic carbocycles. The maximum atomic E-state index is 12.0. The third-order valence-electron chi connectivity index (χ3n) is 5.26. The highest BCUT2D eigenvalue weighted by molar-refractivity contribution is 5.90. The Balaban J connectivity index is 1.66. The highest BCUT2D eigenvalue weighted by Gasteiger charge is 2.23. The first kappa shape index (κ1) is 19.4. The zero-order valence-corrected chi connectivity index (χ0v) is 16.4. The van der Waals surface area contributed by atoms with Crippen LogP contribution in [0.2, 0.25) is 0 Å². The Hall–Kier alpha value is -2.34. The molecule has 2 aromatic heterocycles. The second kappa shape index (κ2) is 9.55. The minimum Gasteiger partial charge on any atom is -0.360 e. The molecule has 0 unspecified atom stereocenters. The van der Waals surface area contributed by atoms with E-state index in [1.807, 2.05) is 31.2 Å². The molecule has 0 bridgehead atoms. The topological polar surface area (TPSA) is 73.1 Å². The van der Waals surface area contributed by atoms with E-state index in [9.17, 15) is 4.79 Å². The van der Waals surface area contributed by atoms with E-state index in [0.717, 1.165) is 24.1 Å². The highest BCUT2D eigenvalue weighted by atomic mass is 16.2. The van der Waals surface area contributed by atoms with Crippen LogP contribution in [-0.4, -0.2) is 47.1 Å². The summed E-state index contributed by atoms with van der Waals surface area (Å²) in [5.74, 6) is 1.12. The van der Waals surface area contributed by atoms with Crippen molar-refractivity contribution in [2.24, 2.45) is 0 Å². The molecular weight excluding hydrogens is 338 g/mol. The largest absolute Gasteiger partial charge is 0.360 e. The van der Waals surface area contributed by atoms with Gasteiger partial charge in [0.2, 0.25) is 0 Å². The van der Waals surface area contributed by atoms with Crippen molar-refractivity contribution in [1.29, 1.82) is 0 Å². The van der Waals surface area contributed by atoms with Gasteiger partial charge in [-0.1, -0.05) is 25.5 Å². The SMILES string of the molecule is C/C=C/CNC(=O)Nc1ccc2[nH]cc(C3CCN(CCCC)CC3)c2n1. The highest BCUT2D eigenvalue weighted by Crippen LogP contribution is 2.32. The molecule has 6 nitrogen and oxygen atoms in total. The number of urea groups is 1. The summed E-state index contributed by atoms with van der Waals surface area (Å²) in [6, 6.07) is 3.59. The van der Waals surface area contributed by atoms with Gasteiger partial charge in [0.1, 0.15) is 5.82 Å². The Labute approximate surface area is 161 Å². The smallest absolute Gasteiger partial charge is 0.320 e. The summed E-state index contributed by atoms with van der Waals surface area (Å²) < 4.78 is 0. The van der Waals surface area contributed by atoms with E-state index in [2.05, 4.69) is 33.6 Å². The lowest BCUT2D eigenvalue weighted by Gasteiger charge is -2.31. The number of piperidine rings is 1. The number of nitrogens with one attached hydrogen (secondary N) is 3. The average Bonchev–Trinajstić information content (AvgIpc) is 3.10. The second-order valence-electron chi connectivity index (χ2n) is 7.21. The maximum absolute atomic E-state index is 12.0. The van der Waals surface area contributed by atoms with Gasteiger partial charge in [0.05, 0.1) is 11.0 Å². The van der Waals surface area contributed by atoms with Gasteiger partial charge in [-0.3, -0.25) is 5.32 Å². The molecule has 3 N–H and O–H groups in total. The predicted octanol–water partition coefficient (Wildman–Crippen LogP) is 4.24. The van der Waals surface area contributed by atoms with Crippen LogP contribution in [-0.2, 0) is 0 Å². The number of fused-ring (bicyclic) bond motifs is 1. The molecule has 1 aliphatic heterocycles.